The Labute approximate surface area is 156 Å². The molecule has 1 aromatic carbocycles. The Balaban J connectivity index is 1.66. The van der Waals surface area contributed by atoms with E-state index in [4.69, 9.17) is 4.74 Å². The fourth-order valence-corrected chi connectivity index (χ4v) is 3.80. The van der Waals surface area contributed by atoms with Crippen molar-refractivity contribution in [3.8, 4) is 0 Å². The normalized spacial score (nSPS) is 20.1. The fraction of sp³-hybridized carbons (Fsp3) is 0.579. The lowest BCUT2D eigenvalue weighted by Gasteiger charge is -2.37. The molecule has 1 atom stereocenters. The number of nitrogens with zero attached hydrogens (tertiary/aromatic N) is 2. The molecule has 0 aliphatic carbocycles. The number of hydrogen-bond acceptors (Lipinski definition) is 3. The van der Waals surface area contributed by atoms with Crippen LogP contribution in [-0.4, -0.2) is 53.1 Å². The van der Waals surface area contributed by atoms with Gasteiger partial charge in [-0.05, 0) is 25.5 Å². The average Bonchev–Trinajstić information content (AvgIpc) is 2.96. The van der Waals surface area contributed by atoms with Gasteiger partial charge in [0.2, 0.25) is 0 Å². The maximum Gasteiger partial charge on any atom is 0.410 e. The number of hydrogen-bond donors (Lipinski definition) is 0. The second kappa shape index (κ2) is 7.40. The quantitative estimate of drug-likeness (QED) is 0.744. The summed E-state index contributed by atoms with van der Waals surface area (Å²) in [6, 6.07) is 1.77. The largest absolute Gasteiger partial charge is 0.441 e. The Kier molecular flexibility index (Phi) is 5.35. The molecule has 2 fully saturated rings. The van der Waals surface area contributed by atoms with Crippen molar-refractivity contribution in [1.82, 2.24) is 9.80 Å². The number of carbonyl (C=O) groups is 2. The summed E-state index contributed by atoms with van der Waals surface area (Å²) in [5, 5.41) is 0. The second-order valence-electron chi connectivity index (χ2n) is 7.33. The Bertz CT molecular complexity index is 748. The summed E-state index contributed by atoms with van der Waals surface area (Å²) in [6.45, 7) is 5.00. The summed E-state index contributed by atoms with van der Waals surface area (Å²) < 4.78 is 46.0. The summed E-state index contributed by atoms with van der Waals surface area (Å²) in [4.78, 5) is 27.8. The van der Waals surface area contributed by atoms with E-state index in [1.807, 2.05) is 6.92 Å². The molecule has 2 saturated heterocycles. The molecule has 1 aromatic rings. The molecule has 27 heavy (non-hydrogen) atoms. The fourth-order valence-electron chi connectivity index (χ4n) is 3.80. The first-order valence-corrected chi connectivity index (χ1v) is 9.20. The molecule has 2 amide bonds. The van der Waals surface area contributed by atoms with Crippen molar-refractivity contribution in [2.45, 2.75) is 51.2 Å². The molecular weight excluding hydrogens is 361 g/mol. The van der Waals surface area contributed by atoms with E-state index < -0.39 is 34.5 Å². The number of likely N-dealkylation sites (tertiary alicyclic amines) is 1. The highest BCUT2D eigenvalue weighted by Gasteiger charge is 2.48. The van der Waals surface area contributed by atoms with Crippen LogP contribution < -0.4 is 0 Å². The Morgan fingerprint density at radius 2 is 1.89 bits per heavy atom. The molecule has 2 aliphatic heterocycles. The van der Waals surface area contributed by atoms with E-state index >= 15 is 0 Å². The van der Waals surface area contributed by atoms with Crippen LogP contribution in [0, 0.1) is 17.5 Å². The van der Waals surface area contributed by atoms with Crippen LogP contribution in [0.3, 0.4) is 0 Å². The van der Waals surface area contributed by atoms with Gasteiger partial charge >= 0.3 is 6.09 Å². The van der Waals surface area contributed by atoms with Crippen LogP contribution in [0.1, 0.15) is 49.9 Å². The number of amides is 2. The third-order valence-electron chi connectivity index (χ3n) is 5.46. The molecule has 0 saturated carbocycles. The van der Waals surface area contributed by atoms with E-state index in [0.717, 1.165) is 25.0 Å². The molecule has 0 unspecified atom stereocenters. The zero-order valence-electron chi connectivity index (χ0n) is 15.4. The Hall–Kier alpha value is -2.25. The molecular formula is C19H23F3N2O3. The minimum absolute atomic E-state index is 0.0813. The highest BCUT2D eigenvalue weighted by Crippen LogP contribution is 2.35. The molecule has 1 spiro atoms. The van der Waals surface area contributed by atoms with E-state index in [2.05, 4.69) is 6.92 Å². The van der Waals surface area contributed by atoms with Gasteiger partial charge in [0.05, 0.1) is 12.1 Å². The second-order valence-corrected chi connectivity index (χ2v) is 7.33. The van der Waals surface area contributed by atoms with Crippen molar-refractivity contribution < 1.29 is 27.5 Å². The number of carbonyl (C=O) groups excluding carboxylic acids is 2. The van der Waals surface area contributed by atoms with Gasteiger partial charge in [-0.1, -0.05) is 13.3 Å². The highest BCUT2D eigenvalue weighted by molar-refractivity contribution is 5.94. The van der Waals surface area contributed by atoms with Crippen molar-refractivity contribution in [2.75, 3.05) is 19.6 Å². The van der Waals surface area contributed by atoms with Crippen molar-refractivity contribution in [3.05, 3.63) is 35.1 Å². The van der Waals surface area contributed by atoms with Crippen LogP contribution >= 0.6 is 0 Å². The van der Waals surface area contributed by atoms with Gasteiger partial charge in [0, 0.05) is 32.0 Å². The van der Waals surface area contributed by atoms with Gasteiger partial charge in [-0.15, -0.1) is 0 Å². The zero-order valence-corrected chi connectivity index (χ0v) is 15.4. The smallest absolute Gasteiger partial charge is 0.410 e. The van der Waals surface area contributed by atoms with Gasteiger partial charge in [0.15, 0.2) is 17.5 Å². The van der Waals surface area contributed by atoms with E-state index in [1.165, 1.54) is 4.90 Å². The van der Waals surface area contributed by atoms with E-state index in [1.54, 1.807) is 4.90 Å². The van der Waals surface area contributed by atoms with Crippen molar-refractivity contribution >= 4 is 12.0 Å². The first kappa shape index (κ1) is 19.5. The molecule has 0 radical (unpaired) electrons. The van der Waals surface area contributed by atoms with Gasteiger partial charge in [-0.2, -0.15) is 0 Å². The molecule has 148 valence electrons. The van der Waals surface area contributed by atoms with Gasteiger partial charge in [-0.3, -0.25) is 4.79 Å². The van der Waals surface area contributed by atoms with Crippen LogP contribution in [0.15, 0.2) is 12.1 Å². The minimum atomic E-state index is -1.65. The minimum Gasteiger partial charge on any atom is -0.441 e. The number of rotatable bonds is 4. The molecule has 5 nitrogen and oxygen atoms in total. The molecule has 8 heteroatoms. The molecule has 2 aliphatic rings. The Morgan fingerprint density at radius 3 is 2.52 bits per heavy atom. The molecule has 2 heterocycles. The van der Waals surface area contributed by atoms with Gasteiger partial charge in [0.1, 0.15) is 5.60 Å². The predicted octanol–water partition coefficient (Wildman–Crippen LogP) is 3.72. The number of halogens is 3. The van der Waals surface area contributed by atoms with E-state index in [0.29, 0.717) is 19.4 Å². The zero-order chi connectivity index (χ0) is 19.8. The topological polar surface area (TPSA) is 49.9 Å². The molecule has 0 bridgehead atoms. The van der Waals surface area contributed by atoms with Crippen molar-refractivity contribution in [1.29, 1.82) is 0 Å². The standard InChI is InChI=1S/C19H23F3N2O3/c1-3-4-12(2)24-11-19(27-18(24)26)7-9-23(10-8-19)17(25)13-5-6-14(20)16(22)15(13)21/h5-6,12H,3-4,7-11H2,1-2H3/t12-/m0/s1. The lowest BCUT2D eigenvalue weighted by Crippen LogP contribution is -2.49. The van der Waals surface area contributed by atoms with E-state index in [9.17, 15) is 22.8 Å². The summed E-state index contributed by atoms with van der Waals surface area (Å²) in [7, 11) is 0. The summed E-state index contributed by atoms with van der Waals surface area (Å²) in [5.74, 6) is -5.16. The molecule has 0 aromatic heterocycles. The predicted molar refractivity (Wildman–Crippen MR) is 91.7 cm³/mol. The lowest BCUT2D eigenvalue weighted by atomic mass is 9.90. The first-order valence-electron chi connectivity index (χ1n) is 9.20. The van der Waals surface area contributed by atoms with Crippen LogP contribution in [0.2, 0.25) is 0 Å². The molecule has 0 N–H and O–H groups in total. The summed E-state index contributed by atoms with van der Waals surface area (Å²) >= 11 is 0. The van der Waals surface area contributed by atoms with Crippen LogP contribution in [0.25, 0.3) is 0 Å². The van der Waals surface area contributed by atoms with Gasteiger partial charge < -0.3 is 14.5 Å². The highest BCUT2D eigenvalue weighted by atomic mass is 19.2. The average molecular weight is 384 g/mol. The number of ether oxygens (including phenoxy) is 1. The lowest BCUT2D eigenvalue weighted by molar-refractivity contribution is 0.00292. The Morgan fingerprint density at radius 1 is 1.22 bits per heavy atom. The number of piperidine rings is 1. The maximum absolute atomic E-state index is 13.9. The van der Waals surface area contributed by atoms with Crippen molar-refractivity contribution in [3.63, 3.8) is 0 Å². The third-order valence-corrected chi connectivity index (χ3v) is 5.46. The van der Waals surface area contributed by atoms with Gasteiger partial charge in [-0.25, -0.2) is 18.0 Å². The number of benzene rings is 1. The SMILES string of the molecule is CCC[C@H](C)N1CC2(CCN(C(=O)c3ccc(F)c(F)c3F)CC2)OC1=O. The third kappa shape index (κ3) is 3.61. The van der Waals surface area contributed by atoms with Crippen LogP contribution in [0.5, 0.6) is 0 Å². The summed E-state index contributed by atoms with van der Waals surface area (Å²) in [6.07, 6.45) is 2.34. The van der Waals surface area contributed by atoms with Gasteiger partial charge in [0.25, 0.3) is 5.91 Å². The monoisotopic (exact) mass is 384 g/mol. The summed E-state index contributed by atoms with van der Waals surface area (Å²) in [5.41, 5.74) is -1.14. The van der Waals surface area contributed by atoms with Crippen LogP contribution in [-0.2, 0) is 4.74 Å². The maximum atomic E-state index is 13.9. The van der Waals surface area contributed by atoms with E-state index in [-0.39, 0.29) is 25.2 Å². The first-order chi connectivity index (χ1) is 12.8. The van der Waals surface area contributed by atoms with Crippen LogP contribution in [0.4, 0.5) is 18.0 Å². The van der Waals surface area contributed by atoms with Crippen molar-refractivity contribution in [2.24, 2.45) is 0 Å². The molecule has 3 rings (SSSR count).